The molecule has 8 nitrogen and oxygen atoms in total. The summed E-state index contributed by atoms with van der Waals surface area (Å²) in [5, 5.41) is 0. The molecule has 9 heteroatoms. The Hall–Kier alpha value is -0.790. The molecule has 6 N–H and O–H groups in total. The summed E-state index contributed by atoms with van der Waals surface area (Å²) in [6.07, 6.45) is 0.0132. The van der Waals surface area contributed by atoms with E-state index in [2.05, 4.69) is 4.52 Å². The van der Waals surface area contributed by atoms with E-state index < -0.39 is 31.7 Å². The van der Waals surface area contributed by atoms with E-state index in [0.29, 0.717) is 6.42 Å². The number of phosphoric ester groups is 1. The predicted molar refractivity (Wildman–Crippen MR) is 58.6 cm³/mol. The Labute approximate surface area is 98.5 Å². The molecular weight excluding hydrogens is 251 g/mol. The molecule has 17 heavy (non-hydrogen) atoms. The lowest BCUT2D eigenvalue weighted by Crippen LogP contribution is -2.43. The third-order valence-corrected chi connectivity index (χ3v) is 2.49. The molecule has 0 fully saturated rings. The van der Waals surface area contributed by atoms with Crippen LogP contribution in [0.1, 0.15) is 26.2 Å². The smallest absolute Gasteiger partial charge is 0.371 e. The largest absolute Gasteiger partial charge is 0.526 e. The second-order valence-corrected chi connectivity index (χ2v) is 4.68. The van der Waals surface area contributed by atoms with Crippen LogP contribution in [0, 0.1) is 0 Å². The normalized spacial score (nSPS) is 15.1. The molecule has 0 aromatic carbocycles. The number of nitrogens with two attached hydrogens (primary N) is 2. The van der Waals surface area contributed by atoms with E-state index in [1.165, 1.54) is 0 Å². The molecule has 0 aliphatic rings. The standard InChI is InChI=1S/C8H17N2O6P/c1-2-5(9)8(12)6(10)3-4-7(11)16-17(13,14)15/h5-6H,2-4,9-10H2,1H3,(H2,13,14,15). The van der Waals surface area contributed by atoms with E-state index in [0.717, 1.165) is 0 Å². The Morgan fingerprint density at radius 2 is 1.82 bits per heavy atom. The first kappa shape index (κ1) is 16.2. The molecule has 2 unspecified atom stereocenters. The van der Waals surface area contributed by atoms with Gasteiger partial charge in [-0.15, -0.1) is 0 Å². The van der Waals surface area contributed by atoms with Crippen molar-refractivity contribution in [1.29, 1.82) is 0 Å². The van der Waals surface area contributed by atoms with Crippen molar-refractivity contribution in [1.82, 2.24) is 0 Å². The monoisotopic (exact) mass is 268 g/mol. The maximum atomic E-state index is 11.4. The molecule has 100 valence electrons. The number of ketones is 1. The molecule has 0 radical (unpaired) electrons. The summed E-state index contributed by atoms with van der Waals surface area (Å²) >= 11 is 0. The van der Waals surface area contributed by atoms with Crippen LogP contribution in [0.5, 0.6) is 0 Å². The maximum Gasteiger partial charge on any atom is 0.526 e. The molecule has 0 aliphatic heterocycles. The first-order valence-corrected chi connectivity index (χ1v) is 6.53. The number of carbonyl (C=O) groups excluding carboxylic acids is 2. The lowest BCUT2D eigenvalue weighted by molar-refractivity contribution is -0.136. The molecule has 0 rings (SSSR count). The Morgan fingerprint density at radius 1 is 1.29 bits per heavy atom. The Bertz CT molecular complexity index is 328. The molecule has 0 heterocycles. The van der Waals surface area contributed by atoms with Crippen LogP contribution in [0.25, 0.3) is 0 Å². The summed E-state index contributed by atoms with van der Waals surface area (Å²) in [6, 6.07) is -1.63. The van der Waals surface area contributed by atoms with Crippen molar-refractivity contribution in [3.8, 4) is 0 Å². The van der Waals surface area contributed by atoms with E-state index in [4.69, 9.17) is 21.3 Å². The molecule has 0 aliphatic carbocycles. The van der Waals surface area contributed by atoms with E-state index in [1.54, 1.807) is 6.92 Å². The zero-order valence-corrected chi connectivity index (χ0v) is 10.3. The molecule has 0 aromatic heterocycles. The number of rotatable bonds is 7. The zero-order chi connectivity index (χ0) is 13.6. The molecule has 0 aromatic rings. The van der Waals surface area contributed by atoms with Gasteiger partial charge in [-0.2, -0.15) is 0 Å². The van der Waals surface area contributed by atoms with Crippen molar-refractivity contribution < 1.29 is 28.5 Å². The third kappa shape index (κ3) is 7.19. The summed E-state index contributed by atoms with van der Waals surface area (Å²) < 4.78 is 14.1. The highest BCUT2D eigenvalue weighted by Crippen LogP contribution is 2.36. The van der Waals surface area contributed by atoms with Gasteiger partial charge in [-0.1, -0.05) is 6.92 Å². The second-order valence-electron chi connectivity index (χ2n) is 3.52. The number of hydrogen-bond acceptors (Lipinski definition) is 6. The fourth-order valence-electron chi connectivity index (χ4n) is 1.07. The van der Waals surface area contributed by atoms with Crippen molar-refractivity contribution in [3.05, 3.63) is 0 Å². The van der Waals surface area contributed by atoms with Gasteiger partial charge in [-0.3, -0.25) is 19.4 Å². The third-order valence-electron chi connectivity index (χ3n) is 2.05. The summed E-state index contributed by atoms with van der Waals surface area (Å²) in [7, 11) is -4.83. The van der Waals surface area contributed by atoms with Crippen molar-refractivity contribution in [3.63, 3.8) is 0 Å². The van der Waals surface area contributed by atoms with Crippen LogP contribution in [0.15, 0.2) is 0 Å². The Kier molecular flexibility index (Phi) is 6.51. The summed E-state index contributed by atoms with van der Waals surface area (Å²) in [6.45, 7) is 1.72. The van der Waals surface area contributed by atoms with Gasteiger partial charge in [0.05, 0.1) is 12.1 Å². The summed E-state index contributed by atoms with van der Waals surface area (Å²) in [5.41, 5.74) is 10.9. The number of Topliss-reactive ketones (excluding diaryl/α,β-unsaturated/α-hetero) is 1. The van der Waals surface area contributed by atoms with Crippen LogP contribution < -0.4 is 11.5 Å². The van der Waals surface area contributed by atoms with Crippen LogP contribution in [0.4, 0.5) is 0 Å². The maximum absolute atomic E-state index is 11.4. The van der Waals surface area contributed by atoms with Gasteiger partial charge in [0.25, 0.3) is 0 Å². The van der Waals surface area contributed by atoms with E-state index in [-0.39, 0.29) is 12.8 Å². The minimum Gasteiger partial charge on any atom is -0.371 e. The minimum atomic E-state index is -4.83. The van der Waals surface area contributed by atoms with Gasteiger partial charge < -0.3 is 16.0 Å². The Balaban J connectivity index is 4.08. The number of hydrogen-bond donors (Lipinski definition) is 4. The first-order valence-electron chi connectivity index (χ1n) is 5.00. The predicted octanol–water partition coefficient (Wildman–Crippen LogP) is -0.964. The first-order chi connectivity index (χ1) is 7.67. The van der Waals surface area contributed by atoms with Crippen LogP contribution in [-0.4, -0.2) is 33.6 Å². The highest BCUT2D eigenvalue weighted by atomic mass is 31.2. The second kappa shape index (κ2) is 6.83. The minimum absolute atomic E-state index is 0.0641. The highest BCUT2D eigenvalue weighted by molar-refractivity contribution is 7.46. The van der Waals surface area contributed by atoms with Gasteiger partial charge in [0.1, 0.15) is 0 Å². The van der Waals surface area contributed by atoms with Gasteiger partial charge >= 0.3 is 13.8 Å². The average Bonchev–Trinajstić information content (AvgIpc) is 2.21. The molecule has 0 saturated heterocycles. The van der Waals surface area contributed by atoms with Gasteiger partial charge in [-0.25, -0.2) is 4.57 Å². The van der Waals surface area contributed by atoms with Gasteiger partial charge in [0.2, 0.25) is 0 Å². The van der Waals surface area contributed by atoms with Crippen LogP contribution in [0.2, 0.25) is 0 Å². The van der Waals surface area contributed by atoms with Crippen LogP contribution in [0.3, 0.4) is 0 Å². The quantitative estimate of drug-likeness (QED) is 0.430. The molecule has 2 atom stereocenters. The van der Waals surface area contributed by atoms with Crippen molar-refractivity contribution in [2.45, 2.75) is 38.3 Å². The zero-order valence-electron chi connectivity index (χ0n) is 9.41. The van der Waals surface area contributed by atoms with E-state index in [1.807, 2.05) is 0 Å². The SMILES string of the molecule is CCC(N)C(=O)C(N)CCC(=O)OP(=O)(O)O. The molecular formula is C8H17N2O6P. The fourth-order valence-corrected chi connectivity index (χ4v) is 1.43. The molecule has 0 saturated carbocycles. The lowest BCUT2D eigenvalue weighted by atomic mass is 10.0. The molecule has 0 spiro atoms. The Morgan fingerprint density at radius 3 is 2.24 bits per heavy atom. The van der Waals surface area contributed by atoms with Crippen molar-refractivity contribution in [2.24, 2.45) is 11.5 Å². The lowest BCUT2D eigenvalue weighted by Gasteiger charge is -2.14. The van der Waals surface area contributed by atoms with Crippen molar-refractivity contribution in [2.75, 3.05) is 0 Å². The van der Waals surface area contributed by atoms with Gasteiger partial charge in [-0.05, 0) is 12.8 Å². The number of carbonyl (C=O) groups is 2. The topological polar surface area (TPSA) is 153 Å². The van der Waals surface area contributed by atoms with Crippen LogP contribution >= 0.6 is 7.82 Å². The summed E-state index contributed by atoms with van der Waals surface area (Å²) in [4.78, 5) is 39.0. The van der Waals surface area contributed by atoms with Gasteiger partial charge in [0.15, 0.2) is 5.78 Å². The molecule has 0 amide bonds. The van der Waals surface area contributed by atoms with Gasteiger partial charge in [0, 0.05) is 6.42 Å². The van der Waals surface area contributed by atoms with Crippen molar-refractivity contribution >= 4 is 19.6 Å². The average molecular weight is 268 g/mol. The highest BCUT2D eigenvalue weighted by Gasteiger charge is 2.23. The van der Waals surface area contributed by atoms with E-state index >= 15 is 0 Å². The fraction of sp³-hybridized carbons (Fsp3) is 0.750. The molecule has 0 bridgehead atoms. The van der Waals surface area contributed by atoms with Crippen LogP contribution in [-0.2, 0) is 18.7 Å². The summed E-state index contributed by atoms with van der Waals surface area (Å²) in [5.74, 6) is -1.50. The number of phosphoric acid groups is 1. The van der Waals surface area contributed by atoms with E-state index in [9.17, 15) is 14.2 Å².